The van der Waals surface area contributed by atoms with Crippen molar-refractivity contribution in [1.29, 1.82) is 0 Å². The van der Waals surface area contributed by atoms with E-state index >= 15 is 0 Å². The molecular formula is C20H23N5O. The Balaban J connectivity index is 1.86. The third kappa shape index (κ3) is 2.71. The highest BCUT2D eigenvalue weighted by Gasteiger charge is 2.22. The van der Waals surface area contributed by atoms with Crippen molar-refractivity contribution in [2.24, 2.45) is 0 Å². The molecule has 1 aromatic carbocycles. The predicted molar refractivity (Wildman–Crippen MR) is 104 cm³/mol. The minimum absolute atomic E-state index is 0.0202. The van der Waals surface area contributed by atoms with E-state index in [1.165, 1.54) is 0 Å². The molecule has 0 unspecified atom stereocenters. The molecule has 0 saturated carbocycles. The van der Waals surface area contributed by atoms with Crippen LogP contribution in [-0.2, 0) is 6.42 Å². The van der Waals surface area contributed by atoms with Gasteiger partial charge in [-0.1, -0.05) is 12.1 Å². The number of fused-ring (bicyclic) bond motifs is 2. The van der Waals surface area contributed by atoms with E-state index in [9.17, 15) is 4.79 Å². The van der Waals surface area contributed by atoms with E-state index in [1.807, 2.05) is 37.5 Å². The van der Waals surface area contributed by atoms with Crippen molar-refractivity contribution in [2.75, 3.05) is 18.5 Å². The summed E-state index contributed by atoms with van der Waals surface area (Å²) in [5.74, 6) is 0.805. The molecule has 6 nitrogen and oxygen atoms in total. The number of benzene rings is 1. The van der Waals surface area contributed by atoms with E-state index in [0.29, 0.717) is 6.54 Å². The van der Waals surface area contributed by atoms with Crippen LogP contribution in [0.25, 0.3) is 22.3 Å². The van der Waals surface area contributed by atoms with Gasteiger partial charge in [-0.05, 0) is 32.9 Å². The second kappa shape index (κ2) is 5.83. The lowest BCUT2D eigenvalue weighted by Gasteiger charge is -2.32. The molecule has 0 atom stereocenters. The number of carbonyl (C=O) groups excluding carboxylic acids is 1. The van der Waals surface area contributed by atoms with Gasteiger partial charge in [0.05, 0.1) is 17.3 Å². The second-order valence-electron chi connectivity index (χ2n) is 7.71. The number of amides is 1. The number of hydrogen-bond donors (Lipinski definition) is 2. The molecule has 3 heterocycles. The summed E-state index contributed by atoms with van der Waals surface area (Å²) in [6.07, 6.45) is 2.63. The van der Waals surface area contributed by atoms with Gasteiger partial charge in [0.25, 0.3) is 5.91 Å². The SMILES string of the molecule is CN(c1cnc2cccc(-c3cc4c([nH]3)CCNC4=O)c2n1)C(C)(C)C. The average Bonchev–Trinajstić information content (AvgIpc) is 3.05. The highest BCUT2D eigenvalue weighted by atomic mass is 16.1. The van der Waals surface area contributed by atoms with Crippen molar-refractivity contribution in [3.8, 4) is 11.3 Å². The number of nitrogens with one attached hydrogen (secondary N) is 2. The number of nitrogens with zero attached hydrogens (tertiary/aromatic N) is 3. The molecule has 0 radical (unpaired) electrons. The first-order valence-electron chi connectivity index (χ1n) is 8.84. The average molecular weight is 349 g/mol. The lowest BCUT2D eigenvalue weighted by Crippen LogP contribution is -2.38. The van der Waals surface area contributed by atoms with Crippen LogP contribution in [0.2, 0.25) is 0 Å². The molecule has 0 fully saturated rings. The Morgan fingerprint density at radius 2 is 2.00 bits per heavy atom. The van der Waals surface area contributed by atoms with Crippen molar-refractivity contribution >= 4 is 22.8 Å². The largest absolute Gasteiger partial charge is 0.358 e. The Morgan fingerprint density at radius 1 is 1.19 bits per heavy atom. The van der Waals surface area contributed by atoms with Crippen molar-refractivity contribution < 1.29 is 4.79 Å². The fourth-order valence-corrected chi connectivity index (χ4v) is 3.18. The van der Waals surface area contributed by atoms with Gasteiger partial charge in [0, 0.05) is 42.5 Å². The van der Waals surface area contributed by atoms with E-state index in [0.717, 1.165) is 45.8 Å². The molecule has 4 rings (SSSR count). The molecule has 3 aromatic rings. The first-order valence-corrected chi connectivity index (χ1v) is 8.84. The Hall–Kier alpha value is -2.89. The molecular weight excluding hydrogens is 326 g/mol. The fraction of sp³-hybridized carbons (Fsp3) is 0.350. The highest BCUT2D eigenvalue weighted by molar-refractivity contribution is 5.99. The zero-order valence-corrected chi connectivity index (χ0v) is 15.6. The minimum atomic E-state index is -0.0547. The normalized spacial score (nSPS) is 14.2. The number of H-pyrrole nitrogens is 1. The smallest absolute Gasteiger partial charge is 0.253 e. The van der Waals surface area contributed by atoms with Crippen molar-refractivity contribution in [1.82, 2.24) is 20.3 Å². The van der Waals surface area contributed by atoms with Gasteiger partial charge in [-0.15, -0.1) is 0 Å². The van der Waals surface area contributed by atoms with Crippen LogP contribution in [0.3, 0.4) is 0 Å². The van der Waals surface area contributed by atoms with Gasteiger partial charge in [0.2, 0.25) is 0 Å². The molecule has 0 saturated heterocycles. The van der Waals surface area contributed by atoms with E-state index in [-0.39, 0.29) is 11.4 Å². The molecule has 0 bridgehead atoms. The van der Waals surface area contributed by atoms with Gasteiger partial charge in [-0.3, -0.25) is 9.78 Å². The molecule has 6 heteroatoms. The van der Waals surface area contributed by atoms with Gasteiger partial charge in [0.1, 0.15) is 11.3 Å². The van der Waals surface area contributed by atoms with Crippen LogP contribution < -0.4 is 10.2 Å². The molecule has 1 amide bonds. The molecule has 26 heavy (non-hydrogen) atoms. The third-order valence-corrected chi connectivity index (χ3v) is 5.00. The lowest BCUT2D eigenvalue weighted by atomic mass is 10.1. The first-order chi connectivity index (χ1) is 12.3. The Morgan fingerprint density at radius 3 is 2.73 bits per heavy atom. The number of aromatic amines is 1. The Bertz CT molecular complexity index is 999. The summed E-state index contributed by atoms with van der Waals surface area (Å²) in [4.78, 5) is 27.1. The van der Waals surface area contributed by atoms with Gasteiger partial charge in [0.15, 0.2) is 0 Å². The van der Waals surface area contributed by atoms with Crippen molar-refractivity contribution in [2.45, 2.75) is 32.7 Å². The third-order valence-electron chi connectivity index (χ3n) is 5.00. The van der Waals surface area contributed by atoms with E-state index in [4.69, 9.17) is 4.98 Å². The number of rotatable bonds is 2. The quantitative estimate of drug-likeness (QED) is 0.745. The van der Waals surface area contributed by atoms with Gasteiger partial charge in [-0.2, -0.15) is 0 Å². The predicted octanol–water partition coefficient (Wildman–Crippen LogP) is 3.15. The lowest BCUT2D eigenvalue weighted by molar-refractivity contribution is 0.0946. The maximum Gasteiger partial charge on any atom is 0.253 e. The molecule has 2 aromatic heterocycles. The zero-order chi connectivity index (χ0) is 18.5. The van der Waals surface area contributed by atoms with E-state index < -0.39 is 0 Å². The zero-order valence-electron chi connectivity index (χ0n) is 15.6. The molecule has 1 aliphatic heterocycles. The minimum Gasteiger partial charge on any atom is -0.358 e. The van der Waals surface area contributed by atoms with Crippen LogP contribution >= 0.6 is 0 Å². The summed E-state index contributed by atoms with van der Waals surface area (Å²) in [5.41, 5.74) is 5.19. The molecule has 134 valence electrons. The first kappa shape index (κ1) is 16.6. The summed E-state index contributed by atoms with van der Waals surface area (Å²) in [6.45, 7) is 7.09. The van der Waals surface area contributed by atoms with Crippen LogP contribution in [0.4, 0.5) is 5.82 Å². The second-order valence-corrected chi connectivity index (χ2v) is 7.71. The maximum atomic E-state index is 12.1. The summed E-state index contributed by atoms with van der Waals surface area (Å²) < 4.78 is 0. The van der Waals surface area contributed by atoms with Crippen LogP contribution in [0, 0.1) is 0 Å². The number of para-hydroxylation sites is 1. The number of hydrogen-bond acceptors (Lipinski definition) is 4. The number of anilines is 1. The number of aromatic nitrogens is 3. The van der Waals surface area contributed by atoms with Crippen LogP contribution in [-0.4, -0.2) is 40.0 Å². The topological polar surface area (TPSA) is 73.9 Å². The molecule has 2 N–H and O–H groups in total. The summed E-state index contributed by atoms with van der Waals surface area (Å²) in [6, 6.07) is 7.87. The van der Waals surface area contributed by atoms with Crippen LogP contribution in [0.15, 0.2) is 30.5 Å². The molecule has 1 aliphatic rings. The van der Waals surface area contributed by atoms with Gasteiger partial charge >= 0.3 is 0 Å². The van der Waals surface area contributed by atoms with Crippen molar-refractivity contribution in [3.05, 3.63) is 41.7 Å². The summed E-state index contributed by atoms with van der Waals surface area (Å²) >= 11 is 0. The van der Waals surface area contributed by atoms with E-state index in [1.54, 1.807) is 0 Å². The Labute approximate surface area is 152 Å². The van der Waals surface area contributed by atoms with E-state index in [2.05, 4.69) is 41.0 Å². The number of carbonyl (C=O) groups is 1. The van der Waals surface area contributed by atoms with Crippen LogP contribution in [0.1, 0.15) is 36.8 Å². The summed E-state index contributed by atoms with van der Waals surface area (Å²) in [5, 5.41) is 2.89. The monoisotopic (exact) mass is 349 g/mol. The molecule has 0 aliphatic carbocycles. The summed E-state index contributed by atoms with van der Waals surface area (Å²) in [7, 11) is 2.02. The highest BCUT2D eigenvalue weighted by Crippen LogP contribution is 2.30. The Kier molecular flexibility index (Phi) is 3.72. The van der Waals surface area contributed by atoms with Crippen molar-refractivity contribution in [3.63, 3.8) is 0 Å². The maximum absolute atomic E-state index is 12.1. The van der Waals surface area contributed by atoms with Crippen LogP contribution in [0.5, 0.6) is 0 Å². The standard InChI is InChI=1S/C20H23N5O/c1-20(2,3)25(4)17-11-22-15-7-5-6-12(18(15)24-17)16-10-13-14(23-16)8-9-21-19(13)26/h5-7,10-11,23H,8-9H2,1-4H3,(H,21,26). The molecule has 0 spiro atoms. The van der Waals surface area contributed by atoms with Gasteiger partial charge < -0.3 is 15.2 Å². The fourth-order valence-electron chi connectivity index (χ4n) is 3.18. The van der Waals surface area contributed by atoms with Gasteiger partial charge in [-0.25, -0.2) is 4.98 Å².